The van der Waals surface area contributed by atoms with Crippen LogP contribution in [-0.4, -0.2) is 4.98 Å². The molecule has 0 amide bonds. The van der Waals surface area contributed by atoms with Gasteiger partial charge in [-0.3, -0.25) is 0 Å². The van der Waals surface area contributed by atoms with Crippen molar-refractivity contribution in [2.45, 2.75) is 20.0 Å². The number of aryl methyl sites for hydroxylation is 1. The van der Waals surface area contributed by atoms with Crippen molar-refractivity contribution in [1.82, 2.24) is 10.3 Å². The molecule has 0 aliphatic heterocycles. The smallest absolute Gasteiger partial charge is 0.134 e. The molecule has 3 nitrogen and oxygen atoms in total. The lowest BCUT2D eigenvalue weighted by Gasteiger charge is -2.00. The van der Waals surface area contributed by atoms with Gasteiger partial charge in [0.25, 0.3) is 0 Å². The second-order valence-corrected chi connectivity index (χ2v) is 5.19. The molecular weight excluding hydrogens is 244 g/mol. The third kappa shape index (κ3) is 2.30. The van der Waals surface area contributed by atoms with Gasteiger partial charge in [-0.1, -0.05) is 18.2 Å². The summed E-state index contributed by atoms with van der Waals surface area (Å²) in [4.78, 5) is 4.42. The van der Waals surface area contributed by atoms with E-state index in [1.807, 2.05) is 31.4 Å². The average molecular weight is 258 g/mol. The quantitative estimate of drug-likeness (QED) is 0.778. The number of nitrogens with zero attached hydrogens (tertiary/aromatic N) is 1. The van der Waals surface area contributed by atoms with E-state index in [0.29, 0.717) is 0 Å². The van der Waals surface area contributed by atoms with E-state index in [9.17, 15) is 0 Å². The molecule has 0 spiro atoms. The third-order valence-electron chi connectivity index (χ3n) is 2.82. The molecule has 3 aromatic rings. The zero-order valence-corrected chi connectivity index (χ0v) is 11.0. The van der Waals surface area contributed by atoms with E-state index in [4.69, 9.17) is 4.42 Å². The summed E-state index contributed by atoms with van der Waals surface area (Å²) >= 11 is 1.69. The molecule has 0 unspecified atom stereocenters. The molecule has 0 saturated heterocycles. The van der Waals surface area contributed by atoms with Crippen molar-refractivity contribution in [2.75, 3.05) is 0 Å². The van der Waals surface area contributed by atoms with Gasteiger partial charge < -0.3 is 9.73 Å². The van der Waals surface area contributed by atoms with Gasteiger partial charge in [0.05, 0.1) is 6.26 Å². The summed E-state index contributed by atoms with van der Waals surface area (Å²) in [5.74, 6) is 0. The maximum absolute atomic E-state index is 5.50. The predicted molar refractivity (Wildman–Crippen MR) is 73.6 cm³/mol. The minimum absolute atomic E-state index is 0.801. The molecule has 0 radical (unpaired) electrons. The van der Waals surface area contributed by atoms with Gasteiger partial charge in [0, 0.05) is 35.1 Å². The van der Waals surface area contributed by atoms with Crippen LogP contribution in [-0.2, 0) is 13.1 Å². The molecular formula is C14H14N2OS. The molecule has 0 saturated carbocycles. The first-order valence-corrected chi connectivity index (χ1v) is 6.78. The Morgan fingerprint density at radius 2 is 2.17 bits per heavy atom. The number of rotatable bonds is 4. The monoisotopic (exact) mass is 258 g/mol. The molecule has 1 aromatic carbocycles. The summed E-state index contributed by atoms with van der Waals surface area (Å²) in [6, 6.07) is 8.10. The van der Waals surface area contributed by atoms with Gasteiger partial charge in [0.15, 0.2) is 0 Å². The summed E-state index contributed by atoms with van der Waals surface area (Å²) in [6.45, 7) is 3.62. The van der Waals surface area contributed by atoms with Crippen LogP contribution in [0.5, 0.6) is 0 Å². The standard InChI is InChI=1S/C14H14N2OS/c1-10-9-18-14(16-10)7-15-6-11-8-17-13-5-3-2-4-12(11)13/h2-5,8-9,15H,6-7H2,1H3. The normalized spacial score (nSPS) is 11.2. The lowest BCUT2D eigenvalue weighted by atomic mass is 10.2. The summed E-state index contributed by atoms with van der Waals surface area (Å²) in [5, 5.41) is 7.78. The fourth-order valence-electron chi connectivity index (χ4n) is 1.96. The topological polar surface area (TPSA) is 38.1 Å². The Morgan fingerprint density at radius 3 is 3.00 bits per heavy atom. The van der Waals surface area contributed by atoms with E-state index in [0.717, 1.165) is 29.4 Å². The van der Waals surface area contributed by atoms with Crippen molar-refractivity contribution in [1.29, 1.82) is 0 Å². The fourth-order valence-corrected chi connectivity index (χ4v) is 2.70. The first-order valence-electron chi connectivity index (χ1n) is 5.90. The molecule has 0 bridgehead atoms. The third-order valence-corrected chi connectivity index (χ3v) is 3.79. The zero-order chi connectivity index (χ0) is 12.4. The van der Waals surface area contributed by atoms with Crippen LogP contribution >= 0.6 is 11.3 Å². The Balaban J connectivity index is 1.66. The highest BCUT2D eigenvalue weighted by atomic mass is 32.1. The molecule has 2 aromatic heterocycles. The highest BCUT2D eigenvalue weighted by Gasteiger charge is 2.05. The number of aromatic nitrogens is 1. The van der Waals surface area contributed by atoms with Crippen molar-refractivity contribution in [2.24, 2.45) is 0 Å². The van der Waals surface area contributed by atoms with E-state index < -0.39 is 0 Å². The van der Waals surface area contributed by atoms with E-state index in [1.165, 1.54) is 10.9 Å². The minimum Gasteiger partial charge on any atom is -0.464 e. The number of nitrogens with one attached hydrogen (secondary N) is 1. The Kier molecular flexibility index (Phi) is 3.13. The Bertz CT molecular complexity index is 656. The highest BCUT2D eigenvalue weighted by molar-refractivity contribution is 7.09. The van der Waals surface area contributed by atoms with Gasteiger partial charge in [0.2, 0.25) is 0 Å². The molecule has 0 aliphatic rings. The minimum atomic E-state index is 0.801. The number of para-hydroxylation sites is 1. The van der Waals surface area contributed by atoms with Crippen LogP contribution in [0.2, 0.25) is 0 Å². The van der Waals surface area contributed by atoms with Crippen LogP contribution in [0.25, 0.3) is 11.0 Å². The molecule has 0 fully saturated rings. The number of hydrogen-bond acceptors (Lipinski definition) is 4. The molecule has 92 valence electrons. The summed E-state index contributed by atoms with van der Waals surface area (Å²) in [7, 11) is 0. The maximum atomic E-state index is 5.50. The summed E-state index contributed by atoms with van der Waals surface area (Å²) in [6.07, 6.45) is 1.82. The van der Waals surface area contributed by atoms with E-state index in [2.05, 4.69) is 21.7 Å². The van der Waals surface area contributed by atoms with Gasteiger partial charge >= 0.3 is 0 Å². The summed E-state index contributed by atoms with van der Waals surface area (Å²) in [5.41, 5.74) is 3.23. The molecule has 1 N–H and O–H groups in total. The van der Waals surface area contributed by atoms with Crippen LogP contribution in [0.1, 0.15) is 16.3 Å². The fraction of sp³-hybridized carbons (Fsp3) is 0.214. The second-order valence-electron chi connectivity index (χ2n) is 4.24. The zero-order valence-electron chi connectivity index (χ0n) is 10.1. The lowest BCUT2D eigenvalue weighted by molar-refractivity contribution is 0.601. The molecule has 18 heavy (non-hydrogen) atoms. The first-order chi connectivity index (χ1) is 8.83. The highest BCUT2D eigenvalue weighted by Crippen LogP contribution is 2.20. The van der Waals surface area contributed by atoms with Crippen LogP contribution in [0, 0.1) is 6.92 Å². The second kappa shape index (κ2) is 4.92. The molecule has 2 heterocycles. The van der Waals surface area contributed by atoms with Crippen LogP contribution < -0.4 is 5.32 Å². The SMILES string of the molecule is Cc1csc(CNCc2coc3ccccc23)n1. The van der Waals surface area contributed by atoms with Crippen LogP contribution in [0.3, 0.4) is 0 Å². The number of hydrogen-bond donors (Lipinski definition) is 1. The molecule has 0 atom stereocenters. The first kappa shape index (κ1) is 11.4. The predicted octanol–water partition coefficient (Wildman–Crippen LogP) is 3.49. The van der Waals surface area contributed by atoms with Gasteiger partial charge in [0.1, 0.15) is 10.6 Å². The van der Waals surface area contributed by atoms with E-state index in [-0.39, 0.29) is 0 Å². The van der Waals surface area contributed by atoms with Gasteiger partial charge in [-0.15, -0.1) is 11.3 Å². The number of furan rings is 1. The maximum Gasteiger partial charge on any atom is 0.134 e. The average Bonchev–Trinajstić information content (AvgIpc) is 2.97. The van der Waals surface area contributed by atoms with Crippen LogP contribution in [0.15, 0.2) is 40.3 Å². The van der Waals surface area contributed by atoms with Gasteiger partial charge in [-0.2, -0.15) is 0 Å². The van der Waals surface area contributed by atoms with Gasteiger partial charge in [-0.05, 0) is 13.0 Å². The molecule has 0 aliphatic carbocycles. The van der Waals surface area contributed by atoms with Crippen molar-refractivity contribution in [3.05, 3.63) is 52.2 Å². The van der Waals surface area contributed by atoms with Crippen molar-refractivity contribution in [3.8, 4) is 0 Å². The molecule has 3 rings (SSSR count). The number of thiazole rings is 1. The lowest BCUT2D eigenvalue weighted by Crippen LogP contribution is -2.12. The van der Waals surface area contributed by atoms with E-state index in [1.54, 1.807) is 11.3 Å². The Labute approximate surface area is 109 Å². The summed E-state index contributed by atoms with van der Waals surface area (Å²) < 4.78 is 5.50. The van der Waals surface area contributed by atoms with Crippen LogP contribution in [0.4, 0.5) is 0 Å². The Hall–Kier alpha value is -1.65. The van der Waals surface area contributed by atoms with E-state index >= 15 is 0 Å². The van der Waals surface area contributed by atoms with Crippen molar-refractivity contribution < 1.29 is 4.42 Å². The Morgan fingerprint density at radius 1 is 1.28 bits per heavy atom. The number of fused-ring (bicyclic) bond motifs is 1. The van der Waals surface area contributed by atoms with Crippen molar-refractivity contribution >= 4 is 22.3 Å². The van der Waals surface area contributed by atoms with Gasteiger partial charge in [-0.25, -0.2) is 4.98 Å². The molecule has 4 heteroatoms. The number of benzene rings is 1. The van der Waals surface area contributed by atoms with Crippen molar-refractivity contribution in [3.63, 3.8) is 0 Å². The largest absolute Gasteiger partial charge is 0.464 e.